The number of rotatable bonds is 4. The number of ether oxygens (including phenoxy) is 1. The third-order valence-electron chi connectivity index (χ3n) is 4.16. The fourth-order valence-corrected chi connectivity index (χ4v) is 2.77. The Morgan fingerprint density at radius 2 is 2.09 bits per heavy atom. The van der Waals surface area contributed by atoms with E-state index in [1.54, 1.807) is 0 Å². The first-order valence-corrected chi connectivity index (χ1v) is 8.11. The van der Waals surface area contributed by atoms with Crippen molar-refractivity contribution >= 4 is 11.5 Å². The maximum absolute atomic E-state index is 13.1. The largest absolute Gasteiger partial charge is 0.474 e. The number of aromatic nitrogens is 1. The summed E-state index contributed by atoms with van der Waals surface area (Å²) in [5, 5.41) is 6.90. The molecule has 120 valence electrons. The first-order chi connectivity index (χ1) is 11.2. The highest BCUT2D eigenvalue weighted by Gasteiger charge is 2.25. The summed E-state index contributed by atoms with van der Waals surface area (Å²) in [5.74, 6) is 1.33. The van der Waals surface area contributed by atoms with E-state index in [1.165, 1.54) is 25.0 Å². The highest BCUT2D eigenvalue weighted by atomic mass is 19.1. The van der Waals surface area contributed by atoms with Crippen LogP contribution in [0.2, 0.25) is 0 Å². The minimum absolute atomic E-state index is 0.211. The molecule has 0 unspecified atom stereocenters. The van der Waals surface area contributed by atoms with Crippen molar-refractivity contribution in [1.29, 1.82) is 0 Å². The molecule has 1 aliphatic carbocycles. The monoisotopic (exact) mass is 313 g/mol. The fourth-order valence-electron chi connectivity index (χ4n) is 2.77. The maximum atomic E-state index is 13.1. The molecule has 0 spiro atoms. The van der Waals surface area contributed by atoms with E-state index in [0.29, 0.717) is 24.9 Å². The Kier molecular flexibility index (Phi) is 3.56. The number of pyridine rings is 1. The first-order valence-electron chi connectivity index (χ1n) is 8.11. The quantitative estimate of drug-likeness (QED) is 0.906. The normalized spacial score (nSPS) is 19.5. The molecule has 1 atom stereocenters. The molecule has 0 radical (unpaired) electrons. The third kappa shape index (κ3) is 3.23. The average molecular weight is 313 g/mol. The molecule has 2 heterocycles. The Morgan fingerprint density at radius 3 is 2.83 bits per heavy atom. The van der Waals surface area contributed by atoms with E-state index in [9.17, 15) is 4.39 Å². The third-order valence-corrected chi connectivity index (χ3v) is 4.16. The topological polar surface area (TPSA) is 46.2 Å². The number of benzene rings is 1. The van der Waals surface area contributed by atoms with E-state index in [-0.39, 0.29) is 11.9 Å². The summed E-state index contributed by atoms with van der Waals surface area (Å²) in [7, 11) is 0. The Morgan fingerprint density at radius 1 is 1.30 bits per heavy atom. The van der Waals surface area contributed by atoms with Crippen LogP contribution in [0, 0.1) is 5.82 Å². The molecule has 4 rings (SSSR count). The number of anilines is 2. The SMILES string of the molecule is C[C@H]1COc2nc(NC3CC3)c(Cc3ccc(F)cc3)cc2N1. The lowest BCUT2D eigenvalue weighted by Crippen LogP contribution is -2.29. The molecule has 2 N–H and O–H groups in total. The standard InChI is InChI=1S/C18H20FN3O/c1-11-10-23-18-16(20-11)9-13(17(22-18)21-15-6-7-15)8-12-2-4-14(19)5-3-12/h2-5,9,11,15,20H,6-8,10H2,1H3,(H,21,22)/t11-/m0/s1. The van der Waals surface area contributed by atoms with Crippen molar-refractivity contribution in [2.75, 3.05) is 17.2 Å². The molecule has 2 aromatic rings. The van der Waals surface area contributed by atoms with Crippen LogP contribution in [-0.2, 0) is 6.42 Å². The predicted molar refractivity (Wildman–Crippen MR) is 88.7 cm³/mol. The maximum Gasteiger partial charge on any atom is 0.239 e. The number of hydrogen-bond donors (Lipinski definition) is 2. The van der Waals surface area contributed by atoms with Crippen molar-refractivity contribution in [1.82, 2.24) is 4.98 Å². The van der Waals surface area contributed by atoms with Gasteiger partial charge in [0.15, 0.2) is 0 Å². The van der Waals surface area contributed by atoms with Gasteiger partial charge in [-0.2, -0.15) is 4.98 Å². The molecule has 4 nitrogen and oxygen atoms in total. The molecule has 1 aromatic carbocycles. The van der Waals surface area contributed by atoms with E-state index >= 15 is 0 Å². The van der Waals surface area contributed by atoms with E-state index < -0.39 is 0 Å². The Bertz CT molecular complexity index is 713. The molecule has 0 amide bonds. The van der Waals surface area contributed by atoms with Crippen molar-refractivity contribution in [2.45, 2.75) is 38.3 Å². The van der Waals surface area contributed by atoms with Crippen LogP contribution in [0.1, 0.15) is 30.9 Å². The van der Waals surface area contributed by atoms with Crippen LogP contribution < -0.4 is 15.4 Å². The molecule has 1 saturated carbocycles. The van der Waals surface area contributed by atoms with Gasteiger partial charge in [0.2, 0.25) is 5.88 Å². The zero-order chi connectivity index (χ0) is 15.8. The summed E-state index contributed by atoms with van der Waals surface area (Å²) in [4.78, 5) is 4.67. The van der Waals surface area contributed by atoms with Crippen LogP contribution >= 0.6 is 0 Å². The van der Waals surface area contributed by atoms with E-state index in [1.807, 2.05) is 12.1 Å². The lowest BCUT2D eigenvalue weighted by atomic mass is 10.0. The van der Waals surface area contributed by atoms with Gasteiger partial charge in [-0.1, -0.05) is 12.1 Å². The van der Waals surface area contributed by atoms with Crippen molar-refractivity contribution in [3.05, 3.63) is 47.3 Å². The number of halogens is 1. The summed E-state index contributed by atoms with van der Waals surface area (Å²) < 4.78 is 18.8. The smallest absolute Gasteiger partial charge is 0.239 e. The molecule has 2 aliphatic rings. The lowest BCUT2D eigenvalue weighted by Gasteiger charge is -2.25. The number of nitrogens with one attached hydrogen (secondary N) is 2. The van der Waals surface area contributed by atoms with Gasteiger partial charge in [-0.3, -0.25) is 0 Å². The molecule has 0 saturated heterocycles. The predicted octanol–water partition coefficient (Wildman–Crippen LogP) is 3.58. The second kappa shape index (κ2) is 5.72. The summed E-state index contributed by atoms with van der Waals surface area (Å²) in [6.45, 7) is 2.71. The van der Waals surface area contributed by atoms with Crippen LogP contribution in [0.25, 0.3) is 0 Å². The first kappa shape index (κ1) is 14.3. The van der Waals surface area contributed by atoms with Crippen LogP contribution in [-0.4, -0.2) is 23.7 Å². The molecule has 1 aliphatic heterocycles. The number of hydrogen-bond acceptors (Lipinski definition) is 4. The highest BCUT2D eigenvalue weighted by Crippen LogP contribution is 2.34. The molecular weight excluding hydrogens is 293 g/mol. The van der Waals surface area contributed by atoms with Gasteiger partial charge in [0.25, 0.3) is 0 Å². The lowest BCUT2D eigenvalue weighted by molar-refractivity contribution is 0.281. The van der Waals surface area contributed by atoms with Crippen molar-refractivity contribution in [3.8, 4) is 5.88 Å². The number of fused-ring (bicyclic) bond motifs is 1. The second-order valence-electron chi connectivity index (χ2n) is 6.43. The van der Waals surface area contributed by atoms with Gasteiger partial charge in [-0.15, -0.1) is 0 Å². The second-order valence-corrected chi connectivity index (χ2v) is 6.43. The van der Waals surface area contributed by atoms with Gasteiger partial charge >= 0.3 is 0 Å². The summed E-state index contributed by atoms with van der Waals surface area (Å²) in [5.41, 5.74) is 3.10. The summed E-state index contributed by atoms with van der Waals surface area (Å²) in [6.07, 6.45) is 3.08. The minimum Gasteiger partial charge on any atom is -0.474 e. The molecule has 5 heteroatoms. The zero-order valence-corrected chi connectivity index (χ0v) is 13.1. The van der Waals surface area contributed by atoms with Crippen LogP contribution in [0.15, 0.2) is 30.3 Å². The van der Waals surface area contributed by atoms with Gasteiger partial charge in [0.1, 0.15) is 18.2 Å². The minimum atomic E-state index is -0.211. The van der Waals surface area contributed by atoms with Crippen LogP contribution in [0.5, 0.6) is 5.88 Å². The van der Waals surface area contributed by atoms with Crippen molar-refractivity contribution in [2.24, 2.45) is 0 Å². The van der Waals surface area contributed by atoms with Crippen molar-refractivity contribution in [3.63, 3.8) is 0 Å². The molecule has 0 bridgehead atoms. The number of nitrogens with zero attached hydrogens (tertiary/aromatic N) is 1. The Hall–Kier alpha value is -2.30. The summed E-state index contributed by atoms with van der Waals surface area (Å²) >= 11 is 0. The Balaban J connectivity index is 1.67. The van der Waals surface area contributed by atoms with Gasteiger partial charge in [0.05, 0.1) is 11.7 Å². The average Bonchev–Trinajstić information content (AvgIpc) is 3.34. The molecule has 1 fully saturated rings. The van der Waals surface area contributed by atoms with Gasteiger partial charge in [-0.05, 0) is 43.5 Å². The highest BCUT2D eigenvalue weighted by molar-refractivity contribution is 5.63. The van der Waals surface area contributed by atoms with Gasteiger partial charge < -0.3 is 15.4 Å². The molecular formula is C18H20FN3O. The Labute approximate surface area is 135 Å². The van der Waals surface area contributed by atoms with E-state index in [0.717, 1.165) is 22.6 Å². The van der Waals surface area contributed by atoms with Gasteiger partial charge in [0, 0.05) is 18.0 Å². The van der Waals surface area contributed by atoms with E-state index in [2.05, 4.69) is 28.6 Å². The van der Waals surface area contributed by atoms with Crippen molar-refractivity contribution < 1.29 is 9.13 Å². The molecule has 23 heavy (non-hydrogen) atoms. The zero-order valence-electron chi connectivity index (χ0n) is 13.1. The summed E-state index contributed by atoms with van der Waals surface area (Å²) in [6, 6.07) is 9.53. The molecule has 1 aromatic heterocycles. The van der Waals surface area contributed by atoms with Crippen LogP contribution in [0.3, 0.4) is 0 Å². The van der Waals surface area contributed by atoms with E-state index in [4.69, 9.17) is 4.74 Å². The van der Waals surface area contributed by atoms with Crippen LogP contribution in [0.4, 0.5) is 15.9 Å². The fraction of sp³-hybridized carbons (Fsp3) is 0.389. The van der Waals surface area contributed by atoms with Gasteiger partial charge in [-0.25, -0.2) is 4.39 Å².